The third kappa shape index (κ3) is 5.79. The van der Waals surface area contributed by atoms with Crippen molar-refractivity contribution >= 4 is 43.6 Å². The molecule has 0 aliphatic carbocycles. The van der Waals surface area contributed by atoms with Gasteiger partial charge in [0, 0.05) is 49.6 Å². The molecule has 3 aromatic heterocycles. The molecule has 53 heavy (non-hydrogen) atoms. The molecule has 4 heterocycles. The lowest BCUT2D eigenvalue weighted by atomic mass is 9.83. The second-order valence-electron chi connectivity index (χ2n) is 15.1. The first-order valence-corrected chi connectivity index (χ1v) is 18.9. The first-order valence-electron chi connectivity index (χ1n) is 18.9. The lowest BCUT2D eigenvalue weighted by Crippen LogP contribution is -2.48. The fourth-order valence-electron chi connectivity index (χ4n) is 8.18. The maximum atomic E-state index is 6.83. The van der Waals surface area contributed by atoms with Crippen LogP contribution in [-0.4, -0.2) is 49.5 Å². The van der Waals surface area contributed by atoms with Crippen LogP contribution in [0.1, 0.15) is 53.0 Å². The van der Waals surface area contributed by atoms with E-state index in [0.717, 1.165) is 66.6 Å². The number of hydrogen-bond acceptors (Lipinski definition) is 5. The lowest BCUT2D eigenvalue weighted by Gasteiger charge is -2.43. The van der Waals surface area contributed by atoms with Crippen LogP contribution in [0.3, 0.4) is 0 Å². The first-order chi connectivity index (χ1) is 25.9. The summed E-state index contributed by atoms with van der Waals surface area (Å²) in [6.45, 7) is 11.4. The maximum absolute atomic E-state index is 6.83. The van der Waals surface area contributed by atoms with E-state index in [2.05, 4.69) is 122 Å². The van der Waals surface area contributed by atoms with Crippen LogP contribution in [0, 0.1) is 5.41 Å². The van der Waals surface area contributed by atoms with Crippen molar-refractivity contribution in [1.29, 1.82) is 0 Å². The van der Waals surface area contributed by atoms with E-state index >= 15 is 0 Å². The quantitative estimate of drug-likeness (QED) is 0.134. The molecule has 8 aromatic rings. The smallest absolute Gasteiger partial charge is 0.238 e. The Bertz CT molecular complexity index is 2530. The number of nitrogens with zero attached hydrogens (tertiary/aromatic N) is 5. The minimum absolute atomic E-state index is 0.140. The van der Waals surface area contributed by atoms with Crippen molar-refractivity contribution in [3.8, 4) is 28.7 Å². The van der Waals surface area contributed by atoms with Crippen molar-refractivity contribution in [2.24, 2.45) is 5.41 Å². The number of aromatic nitrogens is 5. The molecule has 7 heteroatoms. The number of para-hydroxylation sites is 2. The highest BCUT2D eigenvalue weighted by Gasteiger charge is 2.40. The zero-order valence-electron chi connectivity index (χ0n) is 30.9. The van der Waals surface area contributed by atoms with E-state index < -0.39 is 0 Å². The molecule has 0 spiro atoms. The van der Waals surface area contributed by atoms with Gasteiger partial charge in [0.05, 0.1) is 42.0 Å². The molecule has 5 aromatic carbocycles. The van der Waals surface area contributed by atoms with Gasteiger partial charge in [-0.05, 0) is 57.4 Å². The van der Waals surface area contributed by atoms with Crippen LogP contribution >= 0.6 is 0 Å². The summed E-state index contributed by atoms with van der Waals surface area (Å²) in [5.74, 6) is 1.87. The summed E-state index contributed by atoms with van der Waals surface area (Å²) in [7, 11) is 0. The molecule has 1 aliphatic heterocycles. The Labute approximate surface area is 310 Å². The Hall–Kier alpha value is -5.37. The zero-order chi connectivity index (χ0) is 36.2. The minimum Gasteiger partial charge on any atom is -0.380 e. The van der Waals surface area contributed by atoms with E-state index in [1.807, 2.05) is 36.4 Å². The average molecular weight is 700 g/mol. The Balaban J connectivity index is 1.24. The van der Waals surface area contributed by atoms with E-state index in [9.17, 15) is 0 Å². The summed E-state index contributed by atoms with van der Waals surface area (Å²) < 4.78 is 17.2. The number of benzene rings is 5. The van der Waals surface area contributed by atoms with E-state index in [1.165, 1.54) is 27.2 Å². The van der Waals surface area contributed by atoms with Crippen molar-refractivity contribution in [3.63, 3.8) is 0 Å². The summed E-state index contributed by atoms with van der Waals surface area (Å²) in [5, 5.41) is 4.82. The topological polar surface area (TPSA) is 67.0 Å². The molecule has 1 fully saturated rings. The van der Waals surface area contributed by atoms with Gasteiger partial charge < -0.3 is 14.0 Å². The van der Waals surface area contributed by atoms with Gasteiger partial charge in [-0.2, -0.15) is 9.97 Å². The van der Waals surface area contributed by atoms with Gasteiger partial charge in [-0.1, -0.05) is 111 Å². The normalized spacial score (nSPS) is 15.9. The SMILES string of the molecule is CCC1(COC(C)(CC)CC(C)n2c3ccccc3c3cc4c5ccccc5n(-c5nc(-c6ccccc6)nc(-c6ccccc6)n5)c4cc32)COC1. The van der Waals surface area contributed by atoms with Gasteiger partial charge in [0.15, 0.2) is 11.6 Å². The molecule has 9 rings (SSSR count). The monoisotopic (exact) mass is 699 g/mol. The predicted octanol–water partition coefficient (Wildman–Crippen LogP) is 11.0. The molecule has 2 unspecified atom stereocenters. The molecule has 0 amide bonds. The van der Waals surface area contributed by atoms with Crippen LogP contribution in [-0.2, 0) is 9.47 Å². The number of hydrogen-bond donors (Lipinski definition) is 0. The highest BCUT2D eigenvalue weighted by atomic mass is 16.5. The Morgan fingerprint density at radius 1 is 0.679 bits per heavy atom. The van der Waals surface area contributed by atoms with Gasteiger partial charge >= 0.3 is 0 Å². The molecule has 266 valence electrons. The number of ether oxygens (including phenoxy) is 2. The Kier molecular flexibility index (Phi) is 8.36. The molecule has 0 bridgehead atoms. The second kappa shape index (κ2) is 13.2. The molecule has 7 nitrogen and oxygen atoms in total. The fourth-order valence-corrected chi connectivity index (χ4v) is 8.18. The van der Waals surface area contributed by atoms with Crippen LogP contribution in [0.2, 0.25) is 0 Å². The van der Waals surface area contributed by atoms with Crippen molar-refractivity contribution in [2.75, 3.05) is 19.8 Å². The predicted molar refractivity (Wildman–Crippen MR) is 216 cm³/mol. The standard InChI is InChI=1S/C46H45N5O2/c1-5-45(4,53-30-46(6-2)28-52-29-46)27-31(3)50-38-23-15-13-21-34(38)36-25-37-35-22-14-16-24-39(35)51(41(37)26-40(36)50)44-48-42(32-17-9-7-10-18-32)47-43(49-44)33-19-11-8-12-20-33/h7-26,31H,5-6,27-30H2,1-4H3. The van der Waals surface area contributed by atoms with Crippen LogP contribution in [0.25, 0.3) is 72.3 Å². The van der Waals surface area contributed by atoms with E-state index in [-0.39, 0.29) is 17.1 Å². The van der Waals surface area contributed by atoms with Crippen LogP contribution < -0.4 is 0 Å². The highest BCUT2D eigenvalue weighted by molar-refractivity contribution is 6.18. The van der Waals surface area contributed by atoms with Crippen molar-refractivity contribution < 1.29 is 9.47 Å². The molecular formula is C46H45N5O2. The molecule has 2 atom stereocenters. The average Bonchev–Trinajstić information content (AvgIpc) is 3.69. The second-order valence-corrected chi connectivity index (χ2v) is 15.1. The third-order valence-corrected chi connectivity index (χ3v) is 11.6. The molecule has 0 N–H and O–H groups in total. The van der Waals surface area contributed by atoms with Crippen LogP contribution in [0.4, 0.5) is 0 Å². The zero-order valence-corrected chi connectivity index (χ0v) is 30.9. The fraction of sp³-hybridized carbons (Fsp3) is 0.283. The Morgan fingerprint density at radius 2 is 1.25 bits per heavy atom. The highest BCUT2D eigenvalue weighted by Crippen LogP contribution is 2.42. The summed E-state index contributed by atoms with van der Waals surface area (Å²) in [5.41, 5.74) is 6.28. The van der Waals surface area contributed by atoms with E-state index in [1.54, 1.807) is 0 Å². The molecule has 1 saturated heterocycles. The van der Waals surface area contributed by atoms with Gasteiger partial charge in [-0.15, -0.1) is 0 Å². The Morgan fingerprint density at radius 3 is 1.83 bits per heavy atom. The summed E-state index contributed by atoms with van der Waals surface area (Å²) in [4.78, 5) is 15.3. The minimum atomic E-state index is -0.277. The van der Waals surface area contributed by atoms with Crippen molar-refractivity contribution in [2.45, 2.75) is 58.6 Å². The number of fused-ring (bicyclic) bond motifs is 6. The van der Waals surface area contributed by atoms with Gasteiger partial charge in [0.25, 0.3) is 0 Å². The van der Waals surface area contributed by atoms with E-state index in [4.69, 9.17) is 24.4 Å². The molecular weight excluding hydrogens is 655 g/mol. The third-order valence-electron chi connectivity index (χ3n) is 11.6. The molecule has 1 aliphatic rings. The summed E-state index contributed by atoms with van der Waals surface area (Å²) >= 11 is 0. The van der Waals surface area contributed by atoms with Crippen molar-refractivity contribution in [1.82, 2.24) is 24.1 Å². The van der Waals surface area contributed by atoms with Gasteiger partial charge in [-0.3, -0.25) is 4.57 Å². The molecule has 0 radical (unpaired) electrons. The van der Waals surface area contributed by atoms with Crippen LogP contribution in [0.5, 0.6) is 0 Å². The largest absolute Gasteiger partial charge is 0.380 e. The number of rotatable bonds is 11. The van der Waals surface area contributed by atoms with Crippen LogP contribution in [0.15, 0.2) is 121 Å². The molecule has 0 saturated carbocycles. The lowest BCUT2D eigenvalue weighted by molar-refractivity contribution is -0.180. The summed E-state index contributed by atoms with van der Waals surface area (Å²) in [6, 6.07) is 42.7. The summed E-state index contributed by atoms with van der Waals surface area (Å²) in [6.07, 6.45) is 2.88. The van der Waals surface area contributed by atoms with E-state index in [0.29, 0.717) is 17.6 Å². The van der Waals surface area contributed by atoms with Gasteiger partial charge in [0.2, 0.25) is 5.95 Å². The van der Waals surface area contributed by atoms with Crippen molar-refractivity contribution in [3.05, 3.63) is 121 Å². The van der Waals surface area contributed by atoms with Gasteiger partial charge in [-0.25, -0.2) is 4.98 Å². The maximum Gasteiger partial charge on any atom is 0.238 e. The van der Waals surface area contributed by atoms with Gasteiger partial charge in [0.1, 0.15) is 0 Å². The first kappa shape index (κ1) is 33.5.